The van der Waals surface area contributed by atoms with Gasteiger partial charge in [0.05, 0.1) is 6.61 Å². The first-order valence-electron chi connectivity index (χ1n) is 5.23. The first kappa shape index (κ1) is 14.7. The Hall–Kier alpha value is -1.69. The van der Waals surface area contributed by atoms with Crippen molar-refractivity contribution in [1.29, 1.82) is 0 Å². The summed E-state index contributed by atoms with van der Waals surface area (Å²) in [6, 6.07) is 0.853. The molecule has 1 aromatic rings. The molecule has 2 rings (SSSR count). The largest absolute Gasteiger partial charge is 0.393 e. The van der Waals surface area contributed by atoms with Crippen LogP contribution in [0.5, 0.6) is 0 Å². The highest BCUT2D eigenvalue weighted by atomic mass is 19.2. The van der Waals surface area contributed by atoms with E-state index in [2.05, 4.69) is 9.72 Å². The number of halogens is 3. The van der Waals surface area contributed by atoms with Crippen LogP contribution in [0.25, 0.3) is 0 Å². The van der Waals surface area contributed by atoms with Crippen LogP contribution >= 0.6 is 0 Å². The Kier molecular flexibility index (Phi) is 3.05. The van der Waals surface area contributed by atoms with Crippen LogP contribution in [0.4, 0.5) is 19.0 Å². The summed E-state index contributed by atoms with van der Waals surface area (Å²) in [7, 11) is 0. The van der Waals surface area contributed by atoms with Crippen molar-refractivity contribution >= 4 is 5.82 Å². The van der Waals surface area contributed by atoms with Crippen LogP contribution in [-0.2, 0) is 10.7 Å². The van der Waals surface area contributed by atoms with E-state index >= 15 is 0 Å². The number of nitrogens with zero attached hydrogens (tertiary/aromatic N) is 2. The molecule has 1 aliphatic heterocycles. The molecule has 0 aliphatic carbocycles. The van der Waals surface area contributed by atoms with Crippen LogP contribution in [0, 0.1) is 0 Å². The fourth-order valence-electron chi connectivity index (χ4n) is 1.78. The molecule has 20 heavy (non-hydrogen) atoms. The van der Waals surface area contributed by atoms with Gasteiger partial charge in [-0.05, 0) is 6.07 Å². The van der Waals surface area contributed by atoms with Crippen LogP contribution in [0.1, 0.15) is 0 Å². The molecule has 1 saturated heterocycles. The molecule has 2 heterocycles. The summed E-state index contributed by atoms with van der Waals surface area (Å²) in [5.41, 5.74) is 3.63. The van der Waals surface area contributed by atoms with E-state index < -0.39 is 36.1 Å². The zero-order valence-electron chi connectivity index (χ0n) is 9.70. The molecular weight excluding hydrogens is 287 g/mol. The van der Waals surface area contributed by atoms with Gasteiger partial charge in [0, 0.05) is 6.20 Å². The molecule has 8 nitrogen and oxygen atoms in total. The molecule has 0 radical (unpaired) electrons. The first-order valence-corrected chi connectivity index (χ1v) is 5.23. The number of hydrogen-bond acceptors (Lipinski definition) is 7. The van der Waals surface area contributed by atoms with Gasteiger partial charge in [-0.15, -0.1) is 0 Å². The Morgan fingerprint density at radius 1 is 1.45 bits per heavy atom. The molecule has 112 valence electrons. The first-order chi connectivity index (χ1) is 9.08. The zero-order chi connectivity index (χ0) is 15.3. The Balaban J connectivity index is 2.63. The minimum Gasteiger partial charge on any atom is -0.393 e. The van der Waals surface area contributed by atoms with Crippen LogP contribution in [-0.4, -0.2) is 49.3 Å². The molecule has 0 amide bonds. The zero-order valence-corrected chi connectivity index (χ0v) is 9.70. The van der Waals surface area contributed by atoms with Crippen molar-refractivity contribution in [2.24, 2.45) is 0 Å². The Bertz CT molecular complexity index is 592. The highest BCUT2D eigenvalue weighted by molar-refractivity contribution is 5.24. The summed E-state index contributed by atoms with van der Waals surface area (Å²) >= 11 is 0. The lowest BCUT2D eigenvalue weighted by atomic mass is 10.0. The van der Waals surface area contributed by atoms with Crippen LogP contribution < -0.4 is 11.4 Å². The summed E-state index contributed by atoms with van der Waals surface area (Å²) in [6.07, 6.45) is -1.92. The minimum atomic E-state index is -4.67. The lowest BCUT2D eigenvalue weighted by Gasteiger charge is -2.30. The van der Waals surface area contributed by atoms with Gasteiger partial charge in [-0.1, -0.05) is 0 Å². The van der Waals surface area contributed by atoms with Crippen LogP contribution in [0.3, 0.4) is 0 Å². The topological polar surface area (TPSA) is 131 Å². The number of alkyl halides is 3. The Morgan fingerprint density at radius 3 is 2.50 bits per heavy atom. The lowest BCUT2D eigenvalue weighted by molar-refractivity contribution is -0.356. The van der Waals surface area contributed by atoms with E-state index in [1.165, 1.54) is 0 Å². The molecule has 1 aliphatic rings. The monoisotopic (exact) mass is 297 g/mol. The molecule has 1 aromatic heterocycles. The summed E-state index contributed by atoms with van der Waals surface area (Å²) in [4.78, 5) is 14.5. The quantitative estimate of drug-likeness (QED) is 0.502. The van der Waals surface area contributed by atoms with E-state index in [1.54, 1.807) is 0 Å². The van der Waals surface area contributed by atoms with Crippen molar-refractivity contribution in [3.05, 3.63) is 22.7 Å². The van der Waals surface area contributed by atoms with E-state index in [0.717, 1.165) is 6.07 Å². The minimum absolute atomic E-state index is 0.233. The lowest BCUT2D eigenvalue weighted by Crippen LogP contribution is -2.59. The number of anilines is 1. The predicted octanol–water partition coefficient (Wildman–Crippen LogP) is -1.89. The van der Waals surface area contributed by atoms with Crippen LogP contribution in [0.2, 0.25) is 0 Å². The standard InChI is InChI=1S/C9H10F3N3O5/c10-7(18)4(3-16)20-9(12,8(7,11)19)15-2-1-5(13)14-6(15)17/h1-2,4,16,18-19H,3H2,(H2,13,14,17)/t4-,7-,8-,9+/m1/s1. The van der Waals surface area contributed by atoms with E-state index in [9.17, 15) is 23.1 Å². The van der Waals surface area contributed by atoms with Gasteiger partial charge in [0.2, 0.25) is 0 Å². The maximum atomic E-state index is 14.5. The van der Waals surface area contributed by atoms with E-state index in [4.69, 9.17) is 15.9 Å². The van der Waals surface area contributed by atoms with Gasteiger partial charge < -0.3 is 25.8 Å². The van der Waals surface area contributed by atoms with Gasteiger partial charge in [0.15, 0.2) is 6.10 Å². The van der Waals surface area contributed by atoms with Crippen molar-refractivity contribution < 1.29 is 33.2 Å². The molecule has 1 fully saturated rings. The normalized spacial score (nSPS) is 41.0. The van der Waals surface area contributed by atoms with Crippen molar-refractivity contribution in [2.45, 2.75) is 23.8 Å². The van der Waals surface area contributed by atoms with E-state index in [-0.39, 0.29) is 10.4 Å². The van der Waals surface area contributed by atoms with Gasteiger partial charge >= 0.3 is 23.4 Å². The fourth-order valence-corrected chi connectivity index (χ4v) is 1.78. The molecule has 4 atom stereocenters. The number of ether oxygens (including phenoxy) is 1. The van der Waals surface area contributed by atoms with Crippen LogP contribution in [0.15, 0.2) is 17.1 Å². The average molecular weight is 297 g/mol. The van der Waals surface area contributed by atoms with Crippen molar-refractivity contribution in [3.63, 3.8) is 0 Å². The number of aliphatic hydroxyl groups excluding tert-OH is 1. The molecule has 0 saturated carbocycles. The molecule has 0 bridgehead atoms. The van der Waals surface area contributed by atoms with Gasteiger partial charge in [0.25, 0.3) is 0 Å². The average Bonchev–Trinajstić information content (AvgIpc) is 2.47. The number of aromatic nitrogens is 2. The second-order valence-electron chi connectivity index (χ2n) is 4.15. The summed E-state index contributed by atoms with van der Waals surface area (Å²) in [5.74, 6) is -13.4. The van der Waals surface area contributed by atoms with Gasteiger partial charge in [0.1, 0.15) is 5.82 Å². The smallest absolute Gasteiger partial charge is 0.364 e. The molecule has 0 spiro atoms. The highest BCUT2D eigenvalue weighted by Crippen LogP contribution is 2.51. The molecular formula is C9H10F3N3O5. The SMILES string of the molecule is Nc1ccn([C@]2(F)O[C@H](CO)[C@](O)(F)[C@]2(O)F)c(=O)n1. The third-order valence-electron chi connectivity index (χ3n) is 2.90. The summed E-state index contributed by atoms with van der Waals surface area (Å²) in [5, 5.41) is 27.1. The van der Waals surface area contributed by atoms with Gasteiger partial charge in [-0.2, -0.15) is 13.8 Å². The predicted molar refractivity (Wildman–Crippen MR) is 56.1 cm³/mol. The molecule has 5 N–H and O–H groups in total. The number of nitrogens with two attached hydrogens (primary N) is 1. The molecule has 11 heteroatoms. The van der Waals surface area contributed by atoms with E-state index in [0.29, 0.717) is 6.20 Å². The number of hydrogen-bond donors (Lipinski definition) is 4. The van der Waals surface area contributed by atoms with Gasteiger partial charge in [-0.3, -0.25) is 0 Å². The number of rotatable bonds is 2. The summed E-state index contributed by atoms with van der Waals surface area (Å²) in [6.45, 7) is -1.36. The van der Waals surface area contributed by atoms with Crippen molar-refractivity contribution in [3.8, 4) is 0 Å². The Morgan fingerprint density at radius 2 is 2.05 bits per heavy atom. The van der Waals surface area contributed by atoms with Crippen molar-refractivity contribution in [2.75, 3.05) is 12.3 Å². The maximum Gasteiger partial charge on any atom is 0.364 e. The highest BCUT2D eigenvalue weighted by Gasteiger charge is 2.79. The second-order valence-corrected chi connectivity index (χ2v) is 4.15. The fraction of sp³-hybridized carbons (Fsp3) is 0.556. The van der Waals surface area contributed by atoms with Gasteiger partial charge in [-0.25, -0.2) is 13.8 Å². The number of aliphatic hydroxyl groups is 3. The van der Waals surface area contributed by atoms with E-state index in [1.807, 2.05) is 0 Å². The molecule has 0 aromatic carbocycles. The second kappa shape index (κ2) is 4.15. The maximum absolute atomic E-state index is 14.5. The third-order valence-corrected chi connectivity index (χ3v) is 2.90. The Labute approximate surface area is 108 Å². The number of nitrogen functional groups attached to an aromatic ring is 1. The summed E-state index contributed by atoms with van der Waals surface area (Å²) < 4.78 is 46.0. The van der Waals surface area contributed by atoms with Crippen molar-refractivity contribution in [1.82, 2.24) is 9.55 Å². The molecule has 0 unspecified atom stereocenters. The third kappa shape index (κ3) is 1.64.